The minimum atomic E-state index is -0.495. The van der Waals surface area contributed by atoms with E-state index in [1.54, 1.807) is 0 Å². The van der Waals surface area contributed by atoms with Crippen LogP contribution in [0.1, 0.15) is 25.7 Å². The molecule has 0 aromatic heterocycles. The molecule has 2 rings (SSSR count). The van der Waals surface area contributed by atoms with E-state index in [4.69, 9.17) is 5.11 Å². The van der Waals surface area contributed by atoms with Gasteiger partial charge in [0, 0.05) is 11.1 Å². The van der Waals surface area contributed by atoms with Gasteiger partial charge in [-0.15, -0.1) is 0 Å². The highest BCUT2D eigenvalue weighted by Crippen LogP contribution is 2.32. The molecule has 0 fully saturated rings. The Bertz CT molecular complexity index is 278. The standard InChI is InChI=1S/C9H11NO3/c11-5-10-8(12)6-3-1-2-4-7(6)9(10)13/h11H,1-5H2. The third-order valence-corrected chi connectivity index (χ3v) is 2.62. The molecule has 13 heavy (non-hydrogen) atoms. The summed E-state index contributed by atoms with van der Waals surface area (Å²) < 4.78 is 0. The molecule has 0 saturated carbocycles. The van der Waals surface area contributed by atoms with Crippen molar-refractivity contribution in [3.8, 4) is 0 Å². The Morgan fingerprint density at radius 2 is 1.54 bits per heavy atom. The van der Waals surface area contributed by atoms with Gasteiger partial charge in [0.2, 0.25) is 0 Å². The zero-order chi connectivity index (χ0) is 9.42. The highest BCUT2D eigenvalue weighted by molar-refractivity contribution is 6.19. The van der Waals surface area contributed by atoms with Crippen molar-refractivity contribution in [1.82, 2.24) is 4.90 Å². The maximum Gasteiger partial charge on any atom is 0.259 e. The van der Waals surface area contributed by atoms with Crippen LogP contribution in [0.3, 0.4) is 0 Å². The fourth-order valence-electron chi connectivity index (χ4n) is 1.92. The van der Waals surface area contributed by atoms with E-state index in [9.17, 15) is 9.59 Å². The Morgan fingerprint density at radius 3 is 1.92 bits per heavy atom. The number of rotatable bonds is 1. The predicted octanol–water partition coefficient (Wildman–Crippen LogP) is 0.176. The number of aliphatic hydroxyl groups is 1. The van der Waals surface area contributed by atoms with Crippen molar-refractivity contribution in [3.05, 3.63) is 11.1 Å². The molecule has 4 nitrogen and oxygen atoms in total. The van der Waals surface area contributed by atoms with E-state index in [-0.39, 0.29) is 11.8 Å². The normalized spacial score (nSPS) is 22.7. The first-order chi connectivity index (χ1) is 6.25. The minimum absolute atomic E-state index is 0.290. The Labute approximate surface area is 75.8 Å². The van der Waals surface area contributed by atoms with Crippen molar-refractivity contribution in [2.75, 3.05) is 6.73 Å². The van der Waals surface area contributed by atoms with Crippen molar-refractivity contribution in [3.63, 3.8) is 0 Å². The molecular formula is C9H11NO3. The second-order valence-electron chi connectivity index (χ2n) is 3.34. The number of imide groups is 1. The van der Waals surface area contributed by atoms with Crippen LogP contribution >= 0.6 is 0 Å². The number of amides is 2. The van der Waals surface area contributed by atoms with Gasteiger partial charge in [0.15, 0.2) is 0 Å². The molecule has 1 heterocycles. The van der Waals surface area contributed by atoms with Crippen LogP contribution in [-0.4, -0.2) is 28.6 Å². The van der Waals surface area contributed by atoms with Crippen LogP contribution in [-0.2, 0) is 9.59 Å². The Kier molecular flexibility index (Phi) is 1.92. The van der Waals surface area contributed by atoms with Gasteiger partial charge in [-0.2, -0.15) is 0 Å². The molecule has 0 unspecified atom stereocenters. The quantitative estimate of drug-likeness (QED) is 0.587. The van der Waals surface area contributed by atoms with Gasteiger partial charge < -0.3 is 5.11 Å². The lowest BCUT2D eigenvalue weighted by Crippen LogP contribution is -2.32. The maximum atomic E-state index is 11.5. The summed E-state index contributed by atoms with van der Waals surface area (Å²) in [5.41, 5.74) is 1.26. The molecule has 0 aromatic rings. The molecule has 0 saturated heterocycles. The van der Waals surface area contributed by atoms with Crippen molar-refractivity contribution < 1.29 is 14.7 Å². The van der Waals surface area contributed by atoms with Gasteiger partial charge in [0.05, 0.1) is 0 Å². The number of nitrogens with zero attached hydrogens (tertiary/aromatic N) is 1. The first-order valence-electron chi connectivity index (χ1n) is 4.45. The second kappa shape index (κ2) is 2.96. The molecule has 2 aliphatic rings. The summed E-state index contributed by atoms with van der Waals surface area (Å²) in [7, 11) is 0. The lowest BCUT2D eigenvalue weighted by atomic mass is 9.93. The Morgan fingerprint density at radius 1 is 1.08 bits per heavy atom. The molecule has 0 atom stereocenters. The van der Waals surface area contributed by atoms with Crippen LogP contribution in [0.2, 0.25) is 0 Å². The molecular weight excluding hydrogens is 170 g/mol. The van der Waals surface area contributed by atoms with Gasteiger partial charge in [-0.25, -0.2) is 0 Å². The van der Waals surface area contributed by atoms with Gasteiger partial charge in [0.1, 0.15) is 6.73 Å². The molecule has 0 aromatic carbocycles. The average Bonchev–Trinajstić information content (AvgIpc) is 2.41. The third kappa shape index (κ3) is 1.09. The zero-order valence-corrected chi connectivity index (χ0v) is 7.25. The number of aliphatic hydroxyl groups excluding tert-OH is 1. The Balaban J connectivity index is 2.35. The molecule has 0 bridgehead atoms. The fourth-order valence-corrected chi connectivity index (χ4v) is 1.92. The third-order valence-electron chi connectivity index (χ3n) is 2.62. The zero-order valence-electron chi connectivity index (χ0n) is 7.25. The molecule has 1 N–H and O–H groups in total. The predicted molar refractivity (Wildman–Crippen MR) is 44.4 cm³/mol. The van der Waals surface area contributed by atoms with Gasteiger partial charge in [0.25, 0.3) is 11.8 Å². The lowest BCUT2D eigenvalue weighted by Gasteiger charge is -2.09. The van der Waals surface area contributed by atoms with Crippen LogP contribution in [0.5, 0.6) is 0 Å². The monoisotopic (exact) mass is 181 g/mol. The summed E-state index contributed by atoms with van der Waals surface area (Å²) in [6.07, 6.45) is 3.32. The molecule has 1 aliphatic heterocycles. The fraction of sp³-hybridized carbons (Fsp3) is 0.556. The highest BCUT2D eigenvalue weighted by Gasteiger charge is 2.37. The average molecular weight is 181 g/mol. The van der Waals surface area contributed by atoms with Gasteiger partial charge in [-0.05, 0) is 25.7 Å². The van der Waals surface area contributed by atoms with Crippen LogP contribution in [0.25, 0.3) is 0 Å². The number of carbonyl (C=O) groups is 2. The summed E-state index contributed by atoms with van der Waals surface area (Å²) in [4.78, 5) is 23.8. The molecule has 1 aliphatic carbocycles. The number of carbonyl (C=O) groups excluding carboxylic acids is 2. The molecule has 4 heteroatoms. The van der Waals surface area contributed by atoms with E-state index in [0.717, 1.165) is 17.7 Å². The van der Waals surface area contributed by atoms with Gasteiger partial charge >= 0.3 is 0 Å². The van der Waals surface area contributed by atoms with Crippen molar-refractivity contribution >= 4 is 11.8 Å². The topological polar surface area (TPSA) is 57.6 Å². The van der Waals surface area contributed by atoms with E-state index < -0.39 is 6.73 Å². The van der Waals surface area contributed by atoms with Gasteiger partial charge in [-0.3, -0.25) is 14.5 Å². The summed E-state index contributed by atoms with van der Waals surface area (Å²) in [5.74, 6) is -0.579. The van der Waals surface area contributed by atoms with Crippen molar-refractivity contribution in [2.24, 2.45) is 0 Å². The van der Waals surface area contributed by atoms with E-state index in [1.165, 1.54) is 0 Å². The van der Waals surface area contributed by atoms with E-state index >= 15 is 0 Å². The summed E-state index contributed by atoms with van der Waals surface area (Å²) >= 11 is 0. The second-order valence-corrected chi connectivity index (χ2v) is 3.34. The van der Waals surface area contributed by atoms with Crippen molar-refractivity contribution in [2.45, 2.75) is 25.7 Å². The highest BCUT2D eigenvalue weighted by atomic mass is 16.3. The smallest absolute Gasteiger partial charge is 0.259 e. The first-order valence-corrected chi connectivity index (χ1v) is 4.45. The first kappa shape index (κ1) is 8.44. The van der Waals surface area contributed by atoms with Crippen molar-refractivity contribution in [1.29, 1.82) is 0 Å². The molecule has 2 amide bonds. The van der Waals surface area contributed by atoms with E-state index in [0.29, 0.717) is 24.0 Å². The molecule has 0 spiro atoms. The SMILES string of the molecule is O=C1C2=C(CCCC2)C(=O)N1CO. The molecule has 70 valence electrons. The van der Waals surface area contributed by atoms with Crippen LogP contribution in [0, 0.1) is 0 Å². The summed E-state index contributed by atoms with van der Waals surface area (Å²) in [6.45, 7) is -0.495. The van der Waals surface area contributed by atoms with Gasteiger partial charge in [-0.1, -0.05) is 0 Å². The van der Waals surface area contributed by atoms with Crippen LogP contribution in [0.15, 0.2) is 11.1 Å². The number of hydrogen-bond acceptors (Lipinski definition) is 3. The van der Waals surface area contributed by atoms with E-state index in [2.05, 4.69) is 0 Å². The number of hydrogen-bond donors (Lipinski definition) is 1. The van der Waals surface area contributed by atoms with Crippen LogP contribution < -0.4 is 0 Å². The largest absolute Gasteiger partial charge is 0.376 e. The summed E-state index contributed by atoms with van der Waals surface area (Å²) in [5, 5.41) is 8.81. The maximum absolute atomic E-state index is 11.5. The Hall–Kier alpha value is -1.16. The molecule has 0 radical (unpaired) electrons. The summed E-state index contributed by atoms with van der Waals surface area (Å²) in [6, 6.07) is 0. The minimum Gasteiger partial charge on any atom is -0.376 e. The van der Waals surface area contributed by atoms with E-state index in [1.807, 2.05) is 0 Å². The van der Waals surface area contributed by atoms with Crippen LogP contribution in [0.4, 0.5) is 0 Å². The lowest BCUT2D eigenvalue weighted by molar-refractivity contribution is -0.141.